The van der Waals surface area contributed by atoms with Gasteiger partial charge in [0.05, 0.1) is 11.8 Å². The molecule has 2 aromatic rings. The van der Waals surface area contributed by atoms with Crippen LogP contribution in [0.1, 0.15) is 15.2 Å². The van der Waals surface area contributed by atoms with Crippen LogP contribution in [0.2, 0.25) is 0 Å². The van der Waals surface area contributed by atoms with Crippen LogP contribution in [0.15, 0.2) is 17.8 Å². The van der Waals surface area contributed by atoms with Crippen LogP contribution in [-0.4, -0.2) is 20.9 Å². The molecule has 15 heavy (non-hydrogen) atoms. The summed E-state index contributed by atoms with van der Waals surface area (Å²) in [5.74, 6) is -0.882. The number of hydrogen-bond acceptors (Lipinski definition) is 3. The molecule has 0 bridgehead atoms. The number of rotatable bonds is 2. The van der Waals surface area contributed by atoms with Gasteiger partial charge in [0.15, 0.2) is 0 Å². The van der Waals surface area contributed by atoms with Crippen molar-refractivity contribution in [3.8, 4) is 11.1 Å². The van der Waals surface area contributed by atoms with Crippen molar-refractivity contribution in [1.29, 1.82) is 0 Å². The molecular formula is C10H10N2O2S. The van der Waals surface area contributed by atoms with Crippen LogP contribution < -0.4 is 0 Å². The fourth-order valence-corrected chi connectivity index (χ4v) is 2.36. The van der Waals surface area contributed by atoms with Crippen molar-refractivity contribution < 1.29 is 9.90 Å². The molecule has 0 atom stereocenters. The second kappa shape index (κ2) is 3.51. The van der Waals surface area contributed by atoms with Crippen molar-refractivity contribution in [3.63, 3.8) is 0 Å². The highest BCUT2D eigenvalue weighted by atomic mass is 32.1. The third-order valence-corrected chi connectivity index (χ3v) is 3.12. The summed E-state index contributed by atoms with van der Waals surface area (Å²) in [6.45, 7) is 1.81. The van der Waals surface area contributed by atoms with E-state index in [4.69, 9.17) is 5.11 Å². The SMILES string of the molecule is Cc1scc(-c2cnn(C)c2)c1C(=O)O. The number of aromatic carboxylic acids is 1. The molecule has 2 rings (SSSR count). The molecule has 4 nitrogen and oxygen atoms in total. The smallest absolute Gasteiger partial charge is 0.337 e. The molecule has 0 aromatic carbocycles. The molecule has 0 fully saturated rings. The van der Waals surface area contributed by atoms with E-state index in [1.807, 2.05) is 25.5 Å². The van der Waals surface area contributed by atoms with Crippen LogP contribution in [0.5, 0.6) is 0 Å². The van der Waals surface area contributed by atoms with Gasteiger partial charge in [0.2, 0.25) is 0 Å². The maximum Gasteiger partial charge on any atom is 0.337 e. The van der Waals surface area contributed by atoms with Crippen LogP contribution in [0.3, 0.4) is 0 Å². The molecule has 0 aliphatic rings. The zero-order chi connectivity index (χ0) is 11.0. The summed E-state index contributed by atoms with van der Waals surface area (Å²) in [5, 5.41) is 15.0. The Balaban J connectivity index is 2.58. The highest BCUT2D eigenvalue weighted by molar-refractivity contribution is 7.10. The number of carbonyl (C=O) groups is 1. The molecule has 5 heteroatoms. The number of aryl methyl sites for hydroxylation is 2. The molecule has 0 aliphatic carbocycles. The number of thiophene rings is 1. The van der Waals surface area contributed by atoms with Crippen molar-refractivity contribution >= 4 is 17.3 Å². The second-order valence-corrected chi connectivity index (χ2v) is 4.37. The maximum atomic E-state index is 11.1. The quantitative estimate of drug-likeness (QED) is 0.847. The zero-order valence-electron chi connectivity index (χ0n) is 8.39. The van der Waals surface area contributed by atoms with Crippen molar-refractivity contribution in [2.45, 2.75) is 6.92 Å². The largest absolute Gasteiger partial charge is 0.478 e. The standard InChI is InChI=1S/C10H10N2O2S/c1-6-9(10(13)14)8(5-15-6)7-3-11-12(2)4-7/h3-5H,1-2H3,(H,13,14). The Bertz CT molecular complexity index is 513. The van der Waals surface area contributed by atoms with Crippen molar-refractivity contribution in [2.24, 2.45) is 7.05 Å². The van der Waals surface area contributed by atoms with E-state index in [0.717, 1.165) is 16.0 Å². The van der Waals surface area contributed by atoms with Crippen LogP contribution in [-0.2, 0) is 7.05 Å². The summed E-state index contributed by atoms with van der Waals surface area (Å²) >= 11 is 1.45. The summed E-state index contributed by atoms with van der Waals surface area (Å²) in [6.07, 6.45) is 3.49. The Labute approximate surface area is 90.8 Å². The first-order valence-electron chi connectivity index (χ1n) is 4.40. The van der Waals surface area contributed by atoms with E-state index >= 15 is 0 Å². The van der Waals surface area contributed by atoms with E-state index in [2.05, 4.69) is 5.10 Å². The highest BCUT2D eigenvalue weighted by Gasteiger charge is 2.17. The van der Waals surface area contributed by atoms with Crippen LogP contribution in [0.25, 0.3) is 11.1 Å². The predicted octanol–water partition coefficient (Wildman–Crippen LogP) is 2.16. The third-order valence-electron chi connectivity index (χ3n) is 2.20. The minimum atomic E-state index is -0.882. The lowest BCUT2D eigenvalue weighted by atomic mass is 10.1. The van der Waals surface area contributed by atoms with E-state index in [9.17, 15) is 4.79 Å². The Morgan fingerprint density at radius 1 is 1.60 bits per heavy atom. The lowest BCUT2D eigenvalue weighted by Gasteiger charge is -1.96. The van der Waals surface area contributed by atoms with Gasteiger partial charge in [0.25, 0.3) is 0 Å². The topological polar surface area (TPSA) is 55.1 Å². The molecule has 0 amide bonds. The molecule has 1 N–H and O–H groups in total. The zero-order valence-corrected chi connectivity index (χ0v) is 9.21. The summed E-state index contributed by atoms with van der Waals surface area (Å²) in [7, 11) is 1.81. The lowest BCUT2D eigenvalue weighted by Crippen LogP contribution is -1.98. The van der Waals surface area contributed by atoms with Gasteiger partial charge < -0.3 is 5.11 Å². The molecule has 2 aromatic heterocycles. The van der Waals surface area contributed by atoms with Gasteiger partial charge in [0.1, 0.15) is 0 Å². The minimum Gasteiger partial charge on any atom is -0.478 e. The van der Waals surface area contributed by atoms with Gasteiger partial charge in [-0.05, 0) is 12.3 Å². The summed E-state index contributed by atoms with van der Waals surface area (Å²) in [6, 6.07) is 0. The number of nitrogens with zero attached hydrogens (tertiary/aromatic N) is 2. The first-order valence-corrected chi connectivity index (χ1v) is 5.28. The monoisotopic (exact) mass is 222 g/mol. The van der Waals surface area contributed by atoms with Crippen LogP contribution >= 0.6 is 11.3 Å². The van der Waals surface area contributed by atoms with E-state index < -0.39 is 5.97 Å². The molecule has 2 heterocycles. The molecule has 0 saturated heterocycles. The second-order valence-electron chi connectivity index (χ2n) is 3.29. The summed E-state index contributed by atoms with van der Waals surface area (Å²) in [5.41, 5.74) is 1.98. The molecule has 0 aliphatic heterocycles. The van der Waals surface area contributed by atoms with Crippen LogP contribution in [0.4, 0.5) is 0 Å². The number of hydrogen-bond donors (Lipinski definition) is 1. The van der Waals surface area contributed by atoms with Gasteiger partial charge in [-0.3, -0.25) is 4.68 Å². The summed E-state index contributed by atoms with van der Waals surface area (Å²) < 4.78 is 1.66. The Hall–Kier alpha value is -1.62. The number of aromatic nitrogens is 2. The molecule has 78 valence electrons. The number of carboxylic acid groups (broad SMARTS) is 1. The predicted molar refractivity (Wildman–Crippen MR) is 58.2 cm³/mol. The van der Waals surface area contributed by atoms with Gasteiger partial charge >= 0.3 is 5.97 Å². The van der Waals surface area contributed by atoms with Crippen molar-refractivity contribution in [1.82, 2.24) is 9.78 Å². The highest BCUT2D eigenvalue weighted by Crippen LogP contribution is 2.30. The maximum absolute atomic E-state index is 11.1. The molecule has 0 saturated carbocycles. The fraction of sp³-hybridized carbons (Fsp3) is 0.200. The van der Waals surface area contributed by atoms with Gasteiger partial charge in [-0.15, -0.1) is 11.3 Å². The Morgan fingerprint density at radius 3 is 2.87 bits per heavy atom. The lowest BCUT2D eigenvalue weighted by molar-refractivity contribution is 0.0697. The van der Waals surface area contributed by atoms with Gasteiger partial charge in [-0.25, -0.2) is 4.79 Å². The number of carboxylic acids is 1. The third kappa shape index (κ3) is 1.66. The molecule has 0 spiro atoms. The Kier molecular flexibility index (Phi) is 2.32. The fourth-order valence-electron chi connectivity index (χ4n) is 1.49. The average Bonchev–Trinajstić information content (AvgIpc) is 2.71. The molecule has 0 unspecified atom stereocenters. The van der Waals surface area contributed by atoms with Gasteiger partial charge in [-0.1, -0.05) is 0 Å². The first kappa shape index (κ1) is 9.92. The van der Waals surface area contributed by atoms with Gasteiger partial charge in [0, 0.05) is 29.2 Å². The van der Waals surface area contributed by atoms with E-state index in [0.29, 0.717) is 5.56 Å². The van der Waals surface area contributed by atoms with Crippen LogP contribution in [0, 0.1) is 6.92 Å². The van der Waals surface area contributed by atoms with E-state index in [-0.39, 0.29) is 0 Å². The first-order chi connectivity index (χ1) is 7.09. The normalized spacial score (nSPS) is 10.5. The van der Waals surface area contributed by atoms with Crippen molar-refractivity contribution in [3.05, 3.63) is 28.2 Å². The molecule has 0 radical (unpaired) electrons. The molecular weight excluding hydrogens is 212 g/mol. The van der Waals surface area contributed by atoms with E-state index in [1.54, 1.807) is 10.9 Å². The van der Waals surface area contributed by atoms with Gasteiger partial charge in [-0.2, -0.15) is 5.10 Å². The summed E-state index contributed by atoms with van der Waals surface area (Å²) in [4.78, 5) is 11.9. The Morgan fingerprint density at radius 2 is 2.33 bits per heavy atom. The van der Waals surface area contributed by atoms with E-state index in [1.165, 1.54) is 11.3 Å². The minimum absolute atomic E-state index is 0.382. The van der Waals surface area contributed by atoms with Crippen molar-refractivity contribution in [2.75, 3.05) is 0 Å². The average molecular weight is 222 g/mol.